The molecule has 0 fully saturated rings. The zero-order valence-electron chi connectivity index (χ0n) is 9.65. The number of methoxy groups -OCH3 is 2. The maximum atomic E-state index is 5.63. The number of nitrogens with zero attached hydrogens (tertiary/aromatic N) is 1. The molecule has 0 saturated carbocycles. The van der Waals surface area contributed by atoms with Crippen LogP contribution in [0.25, 0.3) is 0 Å². The normalized spacial score (nSPS) is 10.4. The molecule has 0 aliphatic rings. The molecule has 1 rings (SSSR count). The Bertz CT molecular complexity index is 330. The van der Waals surface area contributed by atoms with Gasteiger partial charge >= 0.3 is 80.6 Å². The summed E-state index contributed by atoms with van der Waals surface area (Å²) in [6, 6.07) is 9.25. The first-order chi connectivity index (χ1) is 7.99. The molecular formula is C10H15Cl3NNbO2. The molecule has 0 N–H and O–H groups in total. The summed E-state index contributed by atoms with van der Waals surface area (Å²) >= 11 is -3.43. The van der Waals surface area contributed by atoms with Crippen LogP contribution in [-0.2, 0) is 23.2 Å². The first kappa shape index (κ1) is 17.6. The van der Waals surface area contributed by atoms with Crippen molar-refractivity contribution in [3.05, 3.63) is 30.3 Å². The van der Waals surface area contributed by atoms with Gasteiger partial charge in [0.05, 0.1) is 13.2 Å². The molecule has 17 heavy (non-hydrogen) atoms. The number of hydrogen-bond acceptors (Lipinski definition) is 3. The van der Waals surface area contributed by atoms with E-state index in [2.05, 4.69) is 12.8 Å². The predicted octanol–water partition coefficient (Wildman–Crippen LogP) is 4.40. The third-order valence-corrected chi connectivity index (χ3v) is 3.94. The zero-order chi connectivity index (χ0) is 13.1. The van der Waals surface area contributed by atoms with Crippen molar-refractivity contribution in [2.24, 2.45) is 3.34 Å². The summed E-state index contributed by atoms with van der Waals surface area (Å²) < 4.78 is 13.3. The van der Waals surface area contributed by atoms with Crippen molar-refractivity contribution >= 4 is 33.3 Å². The molecule has 0 amide bonds. The van der Waals surface area contributed by atoms with E-state index < -0.39 is 13.7 Å². The quantitative estimate of drug-likeness (QED) is 0.573. The van der Waals surface area contributed by atoms with Gasteiger partial charge in [-0.2, -0.15) is 0 Å². The third-order valence-electron chi connectivity index (χ3n) is 1.48. The summed E-state index contributed by atoms with van der Waals surface area (Å²) in [6.07, 6.45) is 0. The van der Waals surface area contributed by atoms with Gasteiger partial charge in [0, 0.05) is 14.2 Å². The molecule has 0 spiro atoms. The monoisotopic (exact) mass is 379 g/mol. The molecule has 0 bridgehead atoms. The Morgan fingerprint density at radius 1 is 1.00 bits per heavy atom. The predicted molar refractivity (Wildman–Crippen MR) is 69.8 cm³/mol. The number of ether oxygens (including phenoxy) is 2. The second kappa shape index (κ2) is 10.5. The first-order valence-corrected chi connectivity index (χ1v) is 14.2. The Morgan fingerprint density at radius 2 is 1.47 bits per heavy atom. The fourth-order valence-corrected chi connectivity index (χ4v) is 3.31. The molecule has 98 valence electrons. The van der Waals surface area contributed by atoms with E-state index in [-0.39, 0.29) is 0 Å². The second-order valence-corrected chi connectivity index (χ2v) is 17.1. The van der Waals surface area contributed by atoms with Gasteiger partial charge in [-0.25, -0.2) is 0 Å². The van der Waals surface area contributed by atoms with Crippen molar-refractivity contribution in [3.8, 4) is 0 Å². The van der Waals surface area contributed by atoms with E-state index in [0.717, 1.165) is 5.69 Å². The van der Waals surface area contributed by atoms with Crippen LogP contribution in [0.3, 0.4) is 0 Å². The molecule has 1 aromatic rings. The van der Waals surface area contributed by atoms with Crippen LogP contribution >= 0.6 is 27.6 Å². The summed E-state index contributed by atoms with van der Waals surface area (Å²) in [6.45, 7) is 1.38. The standard InChI is InChI=1S/C6H5N.C4H10O2.3ClH.Nb/c7-6-4-2-1-3-5-6;1-5-3-4-6-2;;;;/h1-5H;3-4H2,1-2H3;3*1H;/q;;;;;+3/p-3. The Kier molecular flexibility index (Phi) is 10.8. The molecule has 1 aromatic carbocycles. The van der Waals surface area contributed by atoms with E-state index in [0.29, 0.717) is 13.2 Å². The van der Waals surface area contributed by atoms with E-state index in [1.54, 1.807) is 14.2 Å². The Hall–Kier alpha value is 0.550. The third kappa shape index (κ3) is 12.8. The van der Waals surface area contributed by atoms with Crippen LogP contribution in [-0.4, -0.2) is 27.4 Å². The number of benzene rings is 1. The Labute approximate surface area is 117 Å². The summed E-state index contributed by atoms with van der Waals surface area (Å²) in [5.74, 6) is 0. The van der Waals surface area contributed by atoms with E-state index in [4.69, 9.17) is 27.6 Å². The van der Waals surface area contributed by atoms with Crippen molar-refractivity contribution < 1.29 is 23.2 Å². The molecule has 0 aliphatic carbocycles. The van der Waals surface area contributed by atoms with Gasteiger partial charge in [0.25, 0.3) is 0 Å². The van der Waals surface area contributed by atoms with E-state index in [1.165, 1.54) is 0 Å². The Morgan fingerprint density at radius 3 is 1.82 bits per heavy atom. The topological polar surface area (TPSA) is 30.8 Å². The van der Waals surface area contributed by atoms with Crippen LogP contribution in [0.15, 0.2) is 33.7 Å². The van der Waals surface area contributed by atoms with E-state index >= 15 is 0 Å². The van der Waals surface area contributed by atoms with Gasteiger partial charge < -0.3 is 9.47 Å². The van der Waals surface area contributed by atoms with Crippen molar-refractivity contribution in [2.45, 2.75) is 0 Å². The van der Waals surface area contributed by atoms with Crippen LogP contribution in [0.4, 0.5) is 5.69 Å². The molecule has 0 heterocycles. The molecule has 0 aromatic heterocycles. The molecule has 0 radical (unpaired) electrons. The van der Waals surface area contributed by atoms with Crippen molar-refractivity contribution in [1.29, 1.82) is 0 Å². The summed E-state index contributed by atoms with van der Waals surface area (Å²) in [4.78, 5) is 0. The summed E-state index contributed by atoms with van der Waals surface area (Å²) in [5.41, 5.74) is 0.749. The summed E-state index contributed by atoms with van der Waals surface area (Å²) in [5, 5.41) is 0. The van der Waals surface area contributed by atoms with Gasteiger partial charge in [-0.1, -0.05) is 0 Å². The minimum absolute atomic E-state index is 0.691. The molecule has 0 unspecified atom stereocenters. The molecule has 7 heteroatoms. The van der Waals surface area contributed by atoms with Gasteiger partial charge in [-0.15, -0.1) is 0 Å². The SMILES string of the molecule is COCCOC.[Cl][Nb]([Cl])([Cl])=[N]c1ccccc1. The minimum atomic E-state index is -3.43. The molecule has 0 atom stereocenters. The van der Waals surface area contributed by atoms with Crippen LogP contribution in [0.2, 0.25) is 0 Å². The van der Waals surface area contributed by atoms with E-state index in [9.17, 15) is 0 Å². The first-order valence-electron chi connectivity index (χ1n) is 4.74. The van der Waals surface area contributed by atoms with Gasteiger partial charge in [-0.05, 0) is 0 Å². The second-order valence-electron chi connectivity index (χ2n) is 2.84. The summed E-state index contributed by atoms with van der Waals surface area (Å²) in [7, 11) is 20.2. The Balaban J connectivity index is 0.000000366. The van der Waals surface area contributed by atoms with Gasteiger partial charge in [0.15, 0.2) is 0 Å². The number of rotatable bonds is 4. The van der Waals surface area contributed by atoms with Gasteiger partial charge in [0.1, 0.15) is 0 Å². The number of hydrogen-bond donors (Lipinski definition) is 0. The zero-order valence-corrected chi connectivity index (χ0v) is 14.1. The van der Waals surface area contributed by atoms with Gasteiger partial charge in [-0.3, -0.25) is 0 Å². The maximum absolute atomic E-state index is 5.63. The van der Waals surface area contributed by atoms with Gasteiger partial charge in [0.2, 0.25) is 0 Å². The van der Waals surface area contributed by atoms with Crippen LogP contribution in [0.1, 0.15) is 0 Å². The number of halogens is 3. The van der Waals surface area contributed by atoms with Crippen molar-refractivity contribution in [1.82, 2.24) is 0 Å². The fourth-order valence-electron chi connectivity index (χ4n) is 0.792. The van der Waals surface area contributed by atoms with Crippen LogP contribution < -0.4 is 0 Å². The molecule has 0 aliphatic heterocycles. The van der Waals surface area contributed by atoms with E-state index in [1.807, 2.05) is 30.3 Å². The van der Waals surface area contributed by atoms with Crippen molar-refractivity contribution in [3.63, 3.8) is 0 Å². The van der Waals surface area contributed by atoms with Crippen LogP contribution in [0, 0.1) is 0 Å². The molecule has 0 saturated heterocycles. The van der Waals surface area contributed by atoms with Crippen molar-refractivity contribution in [2.75, 3.05) is 27.4 Å². The molecular weight excluding hydrogens is 365 g/mol. The van der Waals surface area contributed by atoms with Crippen LogP contribution in [0.5, 0.6) is 0 Å². The average Bonchev–Trinajstić information content (AvgIpc) is 2.26. The fraction of sp³-hybridized carbons (Fsp3) is 0.400. The average molecular weight is 381 g/mol. The molecule has 3 nitrogen and oxygen atoms in total.